The topological polar surface area (TPSA) is 96.2 Å². The van der Waals surface area contributed by atoms with Crippen LogP contribution in [0.2, 0.25) is 0 Å². The van der Waals surface area contributed by atoms with Gasteiger partial charge in [-0.15, -0.1) is 12.4 Å². The summed E-state index contributed by atoms with van der Waals surface area (Å²) in [7, 11) is 0. The highest BCUT2D eigenvalue weighted by atomic mass is 35.5. The van der Waals surface area contributed by atoms with E-state index in [2.05, 4.69) is 16.0 Å². The van der Waals surface area contributed by atoms with Crippen LogP contribution < -0.4 is 21.7 Å². The highest BCUT2D eigenvalue weighted by Gasteiger charge is 2.13. The molecule has 0 saturated carbocycles. The number of rotatable bonds is 5. The van der Waals surface area contributed by atoms with Gasteiger partial charge in [0, 0.05) is 18.5 Å². The first-order valence-corrected chi connectivity index (χ1v) is 6.61. The van der Waals surface area contributed by atoms with E-state index in [0.717, 1.165) is 0 Å². The molecule has 0 aromatic heterocycles. The summed E-state index contributed by atoms with van der Waals surface area (Å²) in [6.07, 6.45) is 0. The number of amides is 3. The first-order valence-electron chi connectivity index (χ1n) is 6.61. The van der Waals surface area contributed by atoms with Gasteiger partial charge in [0.05, 0.1) is 11.4 Å². The second-order valence-electron chi connectivity index (χ2n) is 4.92. The number of carbonyl (C=O) groups is 2. The highest BCUT2D eigenvalue weighted by Crippen LogP contribution is 2.21. The number of carbonyl (C=O) groups excluding carboxylic acids is 2. The van der Waals surface area contributed by atoms with Crippen molar-refractivity contribution in [2.75, 3.05) is 17.2 Å². The highest BCUT2D eigenvalue weighted by molar-refractivity contribution is 5.99. The van der Waals surface area contributed by atoms with Crippen molar-refractivity contribution in [2.45, 2.75) is 26.8 Å². The lowest BCUT2D eigenvalue weighted by molar-refractivity contribution is -0.119. The molecule has 0 spiro atoms. The van der Waals surface area contributed by atoms with Gasteiger partial charge in [-0.05, 0) is 26.0 Å². The fourth-order valence-corrected chi connectivity index (χ4v) is 1.48. The molecule has 0 fully saturated rings. The number of hydrogen-bond acceptors (Lipinski definition) is 3. The molecule has 118 valence electrons. The van der Waals surface area contributed by atoms with E-state index < -0.39 is 0 Å². The smallest absolute Gasteiger partial charge is 0.319 e. The van der Waals surface area contributed by atoms with Gasteiger partial charge in [-0.2, -0.15) is 0 Å². The zero-order valence-corrected chi connectivity index (χ0v) is 13.3. The van der Waals surface area contributed by atoms with Gasteiger partial charge in [-0.1, -0.05) is 19.1 Å². The monoisotopic (exact) mass is 314 g/mol. The largest absolute Gasteiger partial charge is 0.336 e. The lowest BCUT2D eigenvalue weighted by atomic mass is 10.1. The van der Waals surface area contributed by atoms with Crippen LogP contribution in [-0.4, -0.2) is 24.5 Å². The molecule has 6 nitrogen and oxygen atoms in total. The number of benzene rings is 1. The summed E-state index contributed by atoms with van der Waals surface area (Å²) >= 11 is 0. The van der Waals surface area contributed by atoms with Gasteiger partial charge in [0.1, 0.15) is 0 Å². The molecule has 0 heterocycles. The van der Waals surface area contributed by atoms with Crippen molar-refractivity contribution in [1.29, 1.82) is 0 Å². The Hall–Kier alpha value is -1.79. The summed E-state index contributed by atoms with van der Waals surface area (Å²) in [6.45, 7) is 5.76. The second kappa shape index (κ2) is 9.20. The van der Waals surface area contributed by atoms with Crippen molar-refractivity contribution in [3.63, 3.8) is 0 Å². The number of para-hydroxylation sites is 2. The van der Waals surface area contributed by atoms with E-state index in [1.54, 1.807) is 31.2 Å². The van der Waals surface area contributed by atoms with Gasteiger partial charge >= 0.3 is 6.03 Å². The van der Waals surface area contributed by atoms with Gasteiger partial charge in [0.25, 0.3) is 0 Å². The molecule has 1 unspecified atom stereocenters. The van der Waals surface area contributed by atoms with Crippen LogP contribution in [0.3, 0.4) is 0 Å². The normalized spacial score (nSPS) is 11.3. The maximum atomic E-state index is 11.8. The molecule has 21 heavy (non-hydrogen) atoms. The fourth-order valence-electron chi connectivity index (χ4n) is 1.48. The van der Waals surface area contributed by atoms with Crippen molar-refractivity contribution < 1.29 is 9.59 Å². The Bertz CT molecular complexity index is 480. The molecule has 0 aliphatic heterocycles. The zero-order valence-electron chi connectivity index (χ0n) is 12.5. The Balaban J connectivity index is 0.00000400. The number of halogens is 1. The molecule has 1 atom stereocenters. The standard InChI is InChI=1S/C14H22N4O2.ClH/c1-9(2)16-14(20)18-12-7-5-4-6-11(12)17-13(19)10(3)8-15;/h4-7,9-10H,8,15H2,1-3H3,(H,17,19)(H2,16,18,20);1H. The first-order chi connectivity index (χ1) is 9.43. The molecule has 7 heteroatoms. The molecule has 0 aliphatic carbocycles. The first kappa shape index (κ1) is 19.2. The third-order valence-electron chi connectivity index (χ3n) is 2.65. The minimum atomic E-state index is -0.312. The molecular weight excluding hydrogens is 292 g/mol. The van der Waals surface area contributed by atoms with Gasteiger partial charge in [0.15, 0.2) is 0 Å². The summed E-state index contributed by atoms with van der Waals surface area (Å²) in [4.78, 5) is 23.5. The Morgan fingerprint density at radius 1 is 1.10 bits per heavy atom. The molecule has 1 rings (SSSR count). The van der Waals surface area contributed by atoms with Gasteiger partial charge < -0.3 is 21.7 Å². The molecule has 0 bridgehead atoms. The van der Waals surface area contributed by atoms with Crippen molar-refractivity contribution in [3.05, 3.63) is 24.3 Å². The molecule has 1 aromatic rings. The van der Waals surface area contributed by atoms with Crippen molar-refractivity contribution >= 4 is 35.7 Å². The number of hydrogen-bond donors (Lipinski definition) is 4. The average Bonchev–Trinajstić information content (AvgIpc) is 2.39. The van der Waals surface area contributed by atoms with E-state index >= 15 is 0 Å². The van der Waals surface area contributed by atoms with Crippen LogP contribution in [0.1, 0.15) is 20.8 Å². The molecule has 0 radical (unpaired) electrons. The van der Waals surface area contributed by atoms with Gasteiger partial charge in [0.2, 0.25) is 5.91 Å². The molecule has 3 amide bonds. The summed E-state index contributed by atoms with van der Waals surface area (Å²) in [5.41, 5.74) is 6.56. The van der Waals surface area contributed by atoms with Gasteiger partial charge in [-0.3, -0.25) is 4.79 Å². The average molecular weight is 315 g/mol. The SMILES string of the molecule is CC(C)NC(=O)Nc1ccccc1NC(=O)C(C)CN.Cl. The van der Waals surface area contributed by atoms with E-state index in [-0.39, 0.29) is 42.8 Å². The van der Waals surface area contributed by atoms with E-state index in [4.69, 9.17) is 5.73 Å². The van der Waals surface area contributed by atoms with E-state index in [9.17, 15) is 9.59 Å². The predicted molar refractivity (Wildman–Crippen MR) is 87.8 cm³/mol. The van der Waals surface area contributed by atoms with E-state index in [1.165, 1.54) is 0 Å². The van der Waals surface area contributed by atoms with Crippen LogP contribution >= 0.6 is 12.4 Å². The predicted octanol–water partition coefficient (Wildman–Crippen LogP) is 2.17. The quantitative estimate of drug-likeness (QED) is 0.670. The van der Waals surface area contributed by atoms with E-state index in [1.807, 2.05) is 13.8 Å². The van der Waals surface area contributed by atoms with Crippen molar-refractivity contribution in [2.24, 2.45) is 11.7 Å². The minimum Gasteiger partial charge on any atom is -0.336 e. The van der Waals surface area contributed by atoms with E-state index in [0.29, 0.717) is 11.4 Å². The lowest BCUT2D eigenvalue weighted by Gasteiger charge is -2.15. The van der Waals surface area contributed by atoms with Gasteiger partial charge in [-0.25, -0.2) is 4.79 Å². The Kier molecular flexibility index (Phi) is 8.42. The Labute approximate surface area is 131 Å². The number of nitrogens with two attached hydrogens (primary N) is 1. The number of anilines is 2. The summed E-state index contributed by atoms with van der Waals surface area (Å²) in [5, 5.41) is 8.19. The molecule has 0 aliphatic rings. The second-order valence-corrected chi connectivity index (χ2v) is 4.92. The van der Waals surface area contributed by atoms with Crippen LogP contribution in [0.4, 0.5) is 16.2 Å². The summed E-state index contributed by atoms with van der Waals surface area (Å²) in [5.74, 6) is -0.460. The summed E-state index contributed by atoms with van der Waals surface area (Å²) in [6, 6.07) is 6.75. The van der Waals surface area contributed by atoms with Crippen LogP contribution in [-0.2, 0) is 4.79 Å². The number of nitrogens with one attached hydrogen (secondary N) is 3. The van der Waals surface area contributed by atoms with Crippen molar-refractivity contribution in [1.82, 2.24) is 5.32 Å². The van der Waals surface area contributed by atoms with Crippen LogP contribution in [0.15, 0.2) is 24.3 Å². The summed E-state index contributed by atoms with van der Waals surface area (Å²) < 4.78 is 0. The number of urea groups is 1. The fraction of sp³-hybridized carbons (Fsp3) is 0.429. The third-order valence-corrected chi connectivity index (χ3v) is 2.65. The molecular formula is C14H23ClN4O2. The molecule has 1 aromatic carbocycles. The zero-order chi connectivity index (χ0) is 15.1. The van der Waals surface area contributed by atoms with Crippen LogP contribution in [0.25, 0.3) is 0 Å². The lowest BCUT2D eigenvalue weighted by Crippen LogP contribution is -2.34. The van der Waals surface area contributed by atoms with Crippen LogP contribution in [0, 0.1) is 5.92 Å². The minimum absolute atomic E-state index is 0. The third kappa shape index (κ3) is 6.46. The maximum absolute atomic E-state index is 11.8. The Morgan fingerprint density at radius 2 is 1.62 bits per heavy atom. The molecule has 0 saturated heterocycles. The Morgan fingerprint density at radius 3 is 2.10 bits per heavy atom. The maximum Gasteiger partial charge on any atom is 0.319 e. The van der Waals surface area contributed by atoms with Crippen molar-refractivity contribution in [3.8, 4) is 0 Å². The molecule has 5 N–H and O–H groups in total. The van der Waals surface area contributed by atoms with Crippen LogP contribution in [0.5, 0.6) is 0 Å².